The van der Waals surface area contributed by atoms with Crippen LogP contribution in [0, 0.1) is 18.7 Å². The van der Waals surface area contributed by atoms with Crippen molar-refractivity contribution in [3.63, 3.8) is 0 Å². The molecule has 1 aromatic carbocycles. The Morgan fingerprint density at radius 1 is 1.37 bits per heavy atom. The maximum absolute atomic E-state index is 13.1. The summed E-state index contributed by atoms with van der Waals surface area (Å²) in [5.41, 5.74) is 0. The number of rotatable bonds is 5. The molecule has 0 bridgehead atoms. The van der Waals surface area contributed by atoms with Crippen molar-refractivity contribution in [1.82, 2.24) is 10.1 Å². The zero-order valence-electron chi connectivity index (χ0n) is 14.7. The molecule has 1 aliphatic rings. The van der Waals surface area contributed by atoms with Gasteiger partial charge in [0.15, 0.2) is 12.4 Å². The SMILES string of the molecule is Cc1cc(NC(=O)C2CCN(C(=O)COc3ccc(F)c(Cl)c3)CC2)no1. The lowest BCUT2D eigenvalue weighted by atomic mass is 9.96. The number of amides is 2. The summed E-state index contributed by atoms with van der Waals surface area (Å²) in [4.78, 5) is 26.2. The standard InChI is InChI=1S/C18H19ClFN3O4/c1-11-8-16(22-27-11)21-18(25)12-4-6-23(7-5-12)17(24)10-26-13-2-3-15(20)14(19)9-13/h2-3,8-9,12H,4-7,10H2,1H3,(H,21,22,25). The summed E-state index contributed by atoms with van der Waals surface area (Å²) in [5.74, 6) is 0.274. The topological polar surface area (TPSA) is 84.7 Å². The largest absolute Gasteiger partial charge is 0.484 e. The van der Waals surface area contributed by atoms with Gasteiger partial charge in [-0.05, 0) is 31.9 Å². The van der Waals surface area contributed by atoms with E-state index in [4.69, 9.17) is 20.9 Å². The Hall–Kier alpha value is -2.61. The molecule has 0 unspecified atom stereocenters. The number of anilines is 1. The number of likely N-dealkylation sites (tertiary alicyclic amines) is 1. The van der Waals surface area contributed by atoms with Crippen LogP contribution in [-0.2, 0) is 9.59 Å². The van der Waals surface area contributed by atoms with Gasteiger partial charge in [-0.15, -0.1) is 0 Å². The number of piperidine rings is 1. The van der Waals surface area contributed by atoms with Crippen LogP contribution in [0.2, 0.25) is 5.02 Å². The Kier molecular flexibility index (Phi) is 5.95. The van der Waals surface area contributed by atoms with E-state index in [2.05, 4.69) is 10.5 Å². The molecule has 2 heterocycles. The summed E-state index contributed by atoms with van der Waals surface area (Å²) in [6, 6.07) is 5.57. The molecule has 0 atom stereocenters. The quantitative estimate of drug-likeness (QED) is 0.841. The number of aryl methyl sites for hydroxylation is 1. The van der Waals surface area contributed by atoms with Crippen LogP contribution in [0.3, 0.4) is 0 Å². The summed E-state index contributed by atoms with van der Waals surface area (Å²) in [6.07, 6.45) is 1.10. The van der Waals surface area contributed by atoms with E-state index in [1.54, 1.807) is 17.9 Å². The highest BCUT2D eigenvalue weighted by Crippen LogP contribution is 2.22. The van der Waals surface area contributed by atoms with Gasteiger partial charge in [0.1, 0.15) is 17.3 Å². The Morgan fingerprint density at radius 3 is 2.74 bits per heavy atom. The molecule has 0 aliphatic carbocycles. The number of ether oxygens (including phenoxy) is 1. The van der Waals surface area contributed by atoms with Gasteiger partial charge < -0.3 is 19.5 Å². The average molecular weight is 396 g/mol. The lowest BCUT2D eigenvalue weighted by molar-refractivity contribution is -0.136. The highest BCUT2D eigenvalue weighted by Gasteiger charge is 2.28. The molecule has 1 aliphatic heterocycles. The molecular weight excluding hydrogens is 377 g/mol. The van der Waals surface area contributed by atoms with Crippen LogP contribution in [0.4, 0.5) is 10.2 Å². The molecule has 0 radical (unpaired) electrons. The van der Waals surface area contributed by atoms with E-state index >= 15 is 0 Å². The van der Waals surface area contributed by atoms with Crippen molar-refractivity contribution in [3.05, 3.63) is 40.9 Å². The van der Waals surface area contributed by atoms with Crippen molar-refractivity contribution < 1.29 is 23.2 Å². The van der Waals surface area contributed by atoms with Gasteiger partial charge in [-0.2, -0.15) is 0 Å². The molecule has 0 saturated carbocycles. The van der Waals surface area contributed by atoms with E-state index in [1.165, 1.54) is 18.2 Å². The predicted octanol–water partition coefficient (Wildman–Crippen LogP) is 3.03. The zero-order chi connectivity index (χ0) is 19.4. The van der Waals surface area contributed by atoms with Gasteiger partial charge >= 0.3 is 0 Å². The fourth-order valence-corrected chi connectivity index (χ4v) is 3.02. The number of hydrogen-bond donors (Lipinski definition) is 1. The van der Waals surface area contributed by atoms with Crippen LogP contribution in [0.1, 0.15) is 18.6 Å². The summed E-state index contributed by atoms with van der Waals surface area (Å²) in [6.45, 7) is 2.50. The van der Waals surface area contributed by atoms with E-state index < -0.39 is 5.82 Å². The van der Waals surface area contributed by atoms with Crippen LogP contribution < -0.4 is 10.1 Å². The van der Waals surface area contributed by atoms with Crippen LogP contribution in [0.15, 0.2) is 28.8 Å². The highest BCUT2D eigenvalue weighted by atomic mass is 35.5. The molecule has 0 spiro atoms. The summed E-state index contributed by atoms with van der Waals surface area (Å²) in [5, 5.41) is 6.39. The van der Waals surface area contributed by atoms with Gasteiger partial charge in [-0.1, -0.05) is 16.8 Å². The number of carbonyl (C=O) groups is 2. The summed E-state index contributed by atoms with van der Waals surface area (Å²) >= 11 is 5.68. The van der Waals surface area contributed by atoms with E-state index in [0.29, 0.717) is 43.3 Å². The van der Waals surface area contributed by atoms with Crippen LogP contribution >= 0.6 is 11.6 Å². The minimum absolute atomic E-state index is 0.0610. The Balaban J connectivity index is 1.44. The first-order chi connectivity index (χ1) is 12.9. The van der Waals surface area contributed by atoms with Crippen molar-refractivity contribution in [2.45, 2.75) is 19.8 Å². The first-order valence-corrected chi connectivity index (χ1v) is 8.90. The van der Waals surface area contributed by atoms with Gasteiger partial charge in [-0.25, -0.2) is 4.39 Å². The van der Waals surface area contributed by atoms with Crippen molar-refractivity contribution in [2.24, 2.45) is 5.92 Å². The fourth-order valence-electron chi connectivity index (χ4n) is 2.85. The summed E-state index contributed by atoms with van der Waals surface area (Å²) in [7, 11) is 0. The van der Waals surface area contributed by atoms with Crippen LogP contribution in [0.25, 0.3) is 0 Å². The highest BCUT2D eigenvalue weighted by molar-refractivity contribution is 6.30. The average Bonchev–Trinajstić information content (AvgIpc) is 3.07. The Labute approximate surface area is 160 Å². The molecule has 7 nitrogen and oxygen atoms in total. The number of aromatic nitrogens is 1. The van der Waals surface area contributed by atoms with Gasteiger partial charge in [0.2, 0.25) is 5.91 Å². The molecule has 1 N–H and O–H groups in total. The second kappa shape index (κ2) is 8.39. The van der Waals surface area contributed by atoms with Gasteiger partial charge in [0.05, 0.1) is 5.02 Å². The predicted molar refractivity (Wildman–Crippen MR) is 96.1 cm³/mol. The minimum atomic E-state index is -0.545. The van der Waals surface area contributed by atoms with Crippen molar-refractivity contribution in [3.8, 4) is 5.75 Å². The smallest absolute Gasteiger partial charge is 0.260 e. The number of carbonyl (C=O) groups excluding carboxylic acids is 2. The van der Waals surface area contributed by atoms with E-state index in [0.717, 1.165) is 0 Å². The summed E-state index contributed by atoms with van der Waals surface area (Å²) < 4.78 is 23.4. The maximum Gasteiger partial charge on any atom is 0.260 e. The molecular formula is C18H19ClFN3O4. The molecule has 1 saturated heterocycles. The number of halogens is 2. The normalized spacial score (nSPS) is 14.9. The van der Waals surface area contributed by atoms with Crippen molar-refractivity contribution in [2.75, 3.05) is 25.0 Å². The lowest BCUT2D eigenvalue weighted by Gasteiger charge is -2.31. The fraction of sp³-hybridized carbons (Fsp3) is 0.389. The van der Waals surface area contributed by atoms with Crippen molar-refractivity contribution >= 4 is 29.2 Å². The van der Waals surface area contributed by atoms with E-state index in [1.807, 2.05) is 0 Å². The third-order valence-electron chi connectivity index (χ3n) is 4.35. The first kappa shape index (κ1) is 19.2. The number of nitrogens with zero attached hydrogens (tertiary/aromatic N) is 2. The van der Waals surface area contributed by atoms with Gasteiger partial charge in [-0.3, -0.25) is 9.59 Å². The Morgan fingerprint density at radius 2 is 2.11 bits per heavy atom. The lowest BCUT2D eigenvalue weighted by Crippen LogP contribution is -2.43. The Bertz CT molecular complexity index is 834. The first-order valence-electron chi connectivity index (χ1n) is 8.52. The molecule has 1 fully saturated rings. The second-order valence-electron chi connectivity index (χ2n) is 6.33. The molecule has 2 aromatic rings. The molecule has 3 rings (SSSR count). The maximum atomic E-state index is 13.1. The third-order valence-corrected chi connectivity index (χ3v) is 4.64. The molecule has 1 aromatic heterocycles. The monoisotopic (exact) mass is 395 g/mol. The van der Waals surface area contributed by atoms with Crippen molar-refractivity contribution in [1.29, 1.82) is 0 Å². The molecule has 2 amide bonds. The molecule has 27 heavy (non-hydrogen) atoms. The number of benzene rings is 1. The van der Waals surface area contributed by atoms with E-state index in [9.17, 15) is 14.0 Å². The number of nitrogens with one attached hydrogen (secondary N) is 1. The van der Waals surface area contributed by atoms with Crippen LogP contribution in [0.5, 0.6) is 5.75 Å². The number of hydrogen-bond acceptors (Lipinski definition) is 5. The minimum Gasteiger partial charge on any atom is -0.484 e. The van der Waals surface area contributed by atoms with E-state index in [-0.39, 0.29) is 29.4 Å². The zero-order valence-corrected chi connectivity index (χ0v) is 15.5. The third kappa shape index (κ3) is 4.97. The van der Waals surface area contributed by atoms with Crippen LogP contribution in [-0.4, -0.2) is 41.6 Å². The van der Waals surface area contributed by atoms with Gasteiger partial charge in [0, 0.05) is 31.1 Å². The van der Waals surface area contributed by atoms with Gasteiger partial charge in [0.25, 0.3) is 5.91 Å². The second-order valence-corrected chi connectivity index (χ2v) is 6.74. The molecule has 144 valence electrons. The molecule has 9 heteroatoms.